The second-order valence-electron chi connectivity index (χ2n) is 3.75. The highest BCUT2D eigenvalue weighted by atomic mass is 16.4. The lowest BCUT2D eigenvalue weighted by molar-refractivity contribution is -0.141. The van der Waals surface area contributed by atoms with Crippen molar-refractivity contribution in [3.05, 3.63) is 0 Å². The molecule has 9 nitrogen and oxygen atoms in total. The van der Waals surface area contributed by atoms with Crippen LogP contribution in [0, 0.1) is 0 Å². The van der Waals surface area contributed by atoms with E-state index in [-0.39, 0.29) is 5.96 Å². The number of carbonyl (C=O) groups excluding carboxylic acids is 2. The number of likely N-dealkylation sites (N-methyl/N-ethyl adjacent to an activating group) is 1. The SMILES string of the molecule is CNC(=O)C(CCCN=C(N)N)NC(=O)CC(=O)O. The van der Waals surface area contributed by atoms with Crippen molar-refractivity contribution >= 4 is 23.7 Å². The molecule has 0 bridgehead atoms. The van der Waals surface area contributed by atoms with E-state index in [0.29, 0.717) is 19.4 Å². The van der Waals surface area contributed by atoms with Crippen LogP contribution < -0.4 is 22.1 Å². The van der Waals surface area contributed by atoms with Gasteiger partial charge in [-0.1, -0.05) is 0 Å². The zero-order chi connectivity index (χ0) is 14.8. The first kappa shape index (κ1) is 16.7. The molecule has 0 aromatic heterocycles. The lowest BCUT2D eigenvalue weighted by Gasteiger charge is -2.16. The third-order valence-corrected chi connectivity index (χ3v) is 2.16. The number of nitrogens with zero attached hydrogens (tertiary/aromatic N) is 1. The summed E-state index contributed by atoms with van der Waals surface area (Å²) >= 11 is 0. The summed E-state index contributed by atoms with van der Waals surface area (Å²) in [5, 5.41) is 13.2. The maximum Gasteiger partial charge on any atom is 0.312 e. The number of aliphatic carboxylic acids is 1. The molecule has 1 unspecified atom stereocenters. The smallest absolute Gasteiger partial charge is 0.312 e. The Hall–Kier alpha value is -2.32. The Labute approximate surface area is 110 Å². The van der Waals surface area contributed by atoms with Gasteiger partial charge in [0, 0.05) is 13.6 Å². The van der Waals surface area contributed by atoms with Crippen molar-refractivity contribution in [2.24, 2.45) is 16.5 Å². The lowest BCUT2D eigenvalue weighted by Crippen LogP contribution is -2.46. The van der Waals surface area contributed by atoms with Crippen LogP contribution in [0.3, 0.4) is 0 Å². The van der Waals surface area contributed by atoms with Crippen LogP contribution in [0.4, 0.5) is 0 Å². The molecule has 0 aliphatic carbocycles. The highest BCUT2D eigenvalue weighted by Crippen LogP contribution is 1.99. The van der Waals surface area contributed by atoms with Gasteiger partial charge in [-0.25, -0.2) is 0 Å². The molecule has 0 fully saturated rings. The van der Waals surface area contributed by atoms with Crippen molar-refractivity contribution in [3.8, 4) is 0 Å². The van der Waals surface area contributed by atoms with Gasteiger partial charge in [-0.05, 0) is 12.8 Å². The van der Waals surface area contributed by atoms with E-state index in [9.17, 15) is 14.4 Å². The van der Waals surface area contributed by atoms with Gasteiger partial charge in [-0.2, -0.15) is 0 Å². The topological polar surface area (TPSA) is 160 Å². The Kier molecular flexibility index (Phi) is 7.66. The molecule has 1 atom stereocenters. The van der Waals surface area contributed by atoms with E-state index < -0.39 is 30.2 Å². The van der Waals surface area contributed by atoms with E-state index >= 15 is 0 Å². The number of nitrogens with two attached hydrogens (primary N) is 2. The molecule has 0 aromatic carbocycles. The molecule has 19 heavy (non-hydrogen) atoms. The summed E-state index contributed by atoms with van der Waals surface area (Å²) in [6.07, 6.45) is 0.104. The fraction of sp³-hybridized carbons (Fsp3) is 0.600. The summed E-state index contributed by atoms with van der Waals surface area (Å²) in [7, 11) is 1.43. The van der Waals surface area contributed by atoms with Gasteiger partial charge in [0.2, 0.25) is 11.8 Å². The van der Waals surface area contributed by atoms with Crippen LogP contribution in [-0.4, -0.2) is 48.5 Å². The number of carbonyl (C=O) groups is 3. The van der Waals surface area contributed by atoms with E-state index in [2.05, 4.69) is 15.6 Å². The number of amides is 2. The summed E-state index contributed by atoms with van der Waals surface area (Å²) < 4.78 is 0. The highest BCUT2D eigenvalue weighted by molar-refractivity contribution is 5.96. The normalized spacial score (nSPS) is 11.2. The summed E-state index contributed by atoms with van der Waals surface area (Å²) in [6, 6.07) is -0.800. The van der Waals surface area contributed by atoms with Gasteiger partial charge in [-0.3, -0.25) is 19.4 Å². The summed E-state index contributed by atoms with van der Waals surface area (Å²) in [5.74, 6) is -2.42. The number of aliphatic imine (C=N–C) groups is 1. The van der Waals surface area contributed by atoms with Crippen molar-refractivity contribution in [2.45, 2.75) is 25.3 Å². The molecule has 0 aliphatic rings. The predicted molar refractivity (Wildman–Crippen MR) is 68.2 cm³/mol. The molecule has 0 rings (SSSR count). The zero-order valence-electron chi connectivity index (χ0n) is 10.7. The number of carboxylic acid groups (broad SMARTS) is 1. The van der Waals surface area contributed by atoms with Gasteiger partial charge < -0.3 is 27.2 Å². The minimum atomic E-state index is -1.26. The summed E-state index contributed by atoms with van der Waals surface area (Å²) in [6.45, 7) is 0.324. The monoisotopic (exact) mass is 273 g/mol. The average molecular weight is 273 g/mol. The second-order valence-corrected chi connectivity index (χ2v) is 3.75. The molecule has 0 saturated carbocycles. The Morgan fingerprint density at radius 1 is 1.32 bits per heavy atom. The van der Waals surface area contributed by atoms with Crippen LogP contribution >= 0.6 is 0 Å². The number of guanidine groups is 1. The average Bonchev–Trinajstić information content (AvgIpc) is 2.30. The number of nitrogens with one attached hydrogen (secondary N) is 2. The Morgan fingerprint density at radius 2 is 1.95 bits per heavy atom. The van der Waals surface area contributed by atoms with Crippen LogP contribution in [0.5, 0.6) is 0 Å². The van der Waals surface area contributed by atoms with Gasteiger partial charge in [0.1, 0.15) is 12.5 Å². The highest BCUT2D eigenvalue weighted by Gasteiger charge is 2.20. The fourth-order valence-corrected chi connectivity index (χ4v) is 1.33. The van der Waals surface area contributed by atoms with Gasteiger partial charge >= 0.3 is 5.97 Å². The van der Waals surface area contributed by atoms with E-state index in [1.165, 1.54) is 7.05 Å². The standard InChI is InChI=1S/C10H19N5O4/c1-13-9(19)6(3-2-4-14-10(11)12)15-7(16)5-8(17)18/h6H,2-5H2,1H3,(H,13,19)(H,15,16)(H,17,18)(H4,11,12,14). The van der Waals surface area contributed by atoms with Gasteiger partial charge in [0.15, 0.2) is 5.96 Å². The van der Waals surface area contributed by atoms with Crippen LogP contribution in [0.1, 0.15) is 19.3 Å². The molecule has 0 aliphatic heterocycles. The molecule has 7 N–H and O–H groups in total. The predicted octanol–water partition coefficient (Wildman–Crippen LogP) is -2.25. The molecular formula is C10H19N5O4. The molecule has 0 saturated heterocycles. The number of rotatable bonds is 8. The fourth-order valence-electron chi connectivity index (χ4n) is 1.33. The first-order valence-corrected chi connectivity index (χ1v) is 5.65. The number of hydrogen-bond acceptors (Lipinski definition) is 4. The molecule has 0 heterocycles. The lowest BCUT2D eigenvalue weighted by atomic mass is 10.1. The Morgan fingerprint density at radius 3 is 2.42 bits per heavy atom. The van der Waals surface area contributed by atoms with Crippen LogP contribution in [0.25, 0.3) is 0 Å². The summed E-state index contributed by atoms with van der Waals surface area (Å²) in [4.78, 5) is 36.9. The molecule has 108 valence electrons. The third kappa shape index (κ3) is 8.41. The van der Waals surface area contributed by atoms with Crippen molar-refractivity contribution < 1.29 is 19.5 Å². The molecule has 0 spiro atoms. The van der Waals surface area contributed by atoms with Crippen LogP contribution in [0.2, 0.25) is 0 Å². The second kappa shape index (κ2) is 8.72. The van der Waals surface area contributed by atoms with Gasteiger partial charge in [-0.15, -0.1) is 0 Å². The molecule has 2 amide bonds. The van der Waals surface area contributed by atoms with Gasteiger partial charge in [0.05, 0.1) is 0 Å². The maximum atomic E-state index is 11.5. The maximum absolute atomic E-state index is 11.5. The van der Waals surface area contributed by atoms with Crippen molar-refractivity contribution in [3.63, 3.8) is 0 Å². The first-order chi connectivity index (χ1) is 8.86. The zero-order valence-corrected chi connectivity index (χ0v) is 10.7. The van der Waals surface area contributed by atoms with E-state index in [0.717, 1.165) is 0 Å². The van der Waals surface area contributed by atoms with E-state index in [1.807, 2.05) is 0 Å². The largest absolute Gasteiger partial charge is 0.481 e. The van der Waals surface area contributed by atoms with Gasteiger partial charge in [0.25, 0.3) is 0 Å². The molecule has 9 heteroatoms. The minimum Gasteiger partial charge on any atom is -0.481 e. The first-order valence-electron chi connectivity index (χ1n) is 5.65. The molecular weight excluding hydrogens is 254 g/mol. The Balaban J connectivity index is 4.31. The molecule has 0 radical (unpaired) electrons. The van der Waals surface area contributed by atoms with E-state index in [4.69, 9.17) is 16.6 Å². The Bertz CT molecular complexity index is 365. The van der Waals surface area contributed by atoms with Crippen molar-refractivity contribution in [2.75, 3.05) is 13.6 Å². The number of carboxylic acids is 1. The number of hydrogen-bond donors (Lipinski definition) is 5. The van der Waals surface area contributed by atoms with E-state index in [1.54, 1.807) is 0 Å². The van der Waals surface area contributed by atoms with Crippen LogP contribution in [-0.2, 0) is 14.4 Å². The van der Waals surface area contributed by atoms with Crippen LogP contribution in [0.15, 0.2) is 4.99 Å². The summed E-state index contributed by atoms with van der Waals surface area (Å²) in [5.41, 5.74) is 10.3. The molecule has 0 aromatic rings. The van der Waals surface area contributed by atoms with Crippen molar-refractivity contribution in [1.82, 2.24) is 10.6 Å². The van der Waals surface area contributed by atoms with Crippen molar-refractivity contribution in [1.29, 1.82) is 0 Å². The quantitative estimate of drug-likeness (QED) is 0.145. The third-order valence-electron chi connectivity index (χ3n) is 2.16. The minimum absolute atomic E-state index is 0.0496.